The summed E-state index contributed by atoms with van der Waals surface area (Å²) in [5.41, 5.74) is 10.2. The molecule has 9 nitrogen and oxygen atoms in total. The number of hydrogen-bond acceptors (Lipinski definition) is 7. The van der Waals surface area contributed by atoms with Crippen molar-refractivity contribution in [1.82, 2.24) is 10.2 Å². The van der Waals surface area contributed by atoms with Crippen molar-refractivity contribution in [3.63, 3.8) is 0 Å². The van der Waals surface area contributed by atoms with Crippen LogP contribution in [0, 0.1) is 17.8 Å². The summed E-state index contributed by atoms with van der Waals surface area (Å²) in [5, 5.41) is 9.83. The third kappa shape index (κ3) is 13.5. The summed E-state index contributed by atoms with van der Waals surface area (Å²) in [6, 6.07) is -0.603. The van der Waals surface area contributed by atoms with E-state index in [4.69, 9.17) is 16.6 Å². The number of nitrogens with two attached hydrogens (primary N) is 2. The van der Waals surface area contributed by atoms with Gasteiger partial charge in [0.05, 0.1) is 18.6 Å². The van der Waals surface area contributed by atoms with Crippen molar-refractivity contribution in [2.75, 3.05) is 27.2 Å². The minimum atomic E-state index is -0.835. The highest BCUT2D eigenvalue weighted by molar-refractivity contribution is 6.37. The zero-order valence-corrected chi connectivity index (χ0v) is 21.5. The number of likely N-dealkylation sites (tertiary alicyclic amines) is 1. The van der Waals surface area contributed by atoms with Gasteiger partial charge in [-0.15, -0.1) is 0 Å². The average Bonchev–Trinajstić information content (AvgIpc) is 3.16. The van der Waals surface area contributed by atoms with Crippen molar-refractivity contribution in [2.45, 2.75) is 84.7 Å². The number of Topliss-reactive ketones (excluding diaryl/α,β-unsaturated/α-hetero) is 1. The molecule has 2 amide bonds. The molecule has 194 valence electrons. The maximum Gasteiger partial charge on any atom is 0.286 e. The molecule has 6 N–H and O–H groups in total. The standard InChI is InChI=1S/C10H18N2O2.C9H16N2O2.C4H10.CH4O/c1-2-3-8-4-5-12(9(8)7-13)10(14)6-11;1-11-7(8(12)9(10)13)5-6-3-2-4-6;1-4(2)3;1-2/h7-9H,2-6,11H2,1H3;6-7,11H,2-5H2,1H3,(H2,10,13);4H,1-3H3;2H,1H3/t8-,9?;;;/m0.../s1. The molecule has 1 saturated carbocycles. The van der Waals surface area contributed by atoms with Crippen molar-refractivity contribution in [3.8, 4) is 0 Å². The number of aliphatic hydroxyl groups is 1. The van der Waals surface area contributed by atoms with Gasteiger partial charge in [-0.3, -0.25) is 14.4 Å². The normalized spacial score (nSPS) is 20.1. The van der Waals surface area contributed by atoms with Crippen LogP contribution in [0.1, 0.15) is 72.6 Å². The molecule has 0 bridgehead atoms. The lowest BCUT2D eigenvalue weighted by molar-refractivity contribution is -0.137. The molecule has 3 atom stereocenters. The first-order valence-corrected chi connectivity index (χ1v) is 12.0. The van der Waals surface area contributed by atoms with Gasteiger partial charge in [0.1, 0.15) is 6.29 Å². The molecule has 1 aliphatic heterocycles. The first kappa shape index (κ1) is 33.3. The van der Waals surface area contributed by atoms with Crippen molar-refractivity contribution >= 4 is 23.9 Å². The molecule has 0 aromatic heterocycles. The number of carbonyl (C=O) groups excluding carboxylic acids is 4. The summed E-state index contributed by atoms with van der Waals surface area (Å²) in [6.07, 6.45) is 8.22. The Morgan fingerprint density at radius 3 is 2.03 bits per heavy atom. The van der Waals surface area contributed by atoms with E-state index in [2.05, 4.69) is 33.0 Å². The highest BCUT2D eigenvalue weighted by Gasteiger charge is 2.35. The molecular formula is C24H48N4O5. The number of amides is 2. The minimum Gasteiger partial charge on any atom is -0.400 e. The van der Waals surface area contributed by atoms with Gasteiger partial charge in [0.2, 0.25) is 11.7 Å². The van der Waals surface area contributed by atoms with E-state index in [9.17, 15) is 19.2 Å². The summed E-state index contributed by atoms with van der Waals surface area (Å²) in [5.74, 6) is 0.336. The summed E-state index contributed by atoms with van der Waals surface area (Å²) >= 11 is 0. The van der Waals surface area contributed by atoms with Crippen LogP contribution in [0.3, 0.4) is 0 Å². The number of primary amides is 1. The van der Waals surface area contributed by atoms with Crippen molar-refractivity contribution in [2.24, 2.45) is 29.2 Å². The van der Waals surface area contributed by atoms with Crippen molar-refractivity contribution < 1.29 is 24.3 Å². The molecule has 2 fully saturated rings. The van der Waals surface area contributed by atoms with Gasteiger partial charge in [-0.25, -0.2) is 0 Å². The maximum absolute atomic E-state index is 11.4. The summed E-state index contributed by atoms with van der Waals surface area (Å²) in [6.45, 7) is 9.28. The zero-order chi connectivity index (χ0) is 26.0. The highest BCUT2D eigenvalue weighted by atomic mass is 16.2. The third-order valence-corrected chi connectivity index (χ3v) is 5.58. The van der Waals surface area contributed by atoms with Gasteiger partial charge in [-0.1, -0.05) is 53.4 Å². The molecule has 33 heavy (non-hydrogen) atoms. The molecule has 1 saturated heterocycles. The predicted octanol–water partition coefficient (Wildman–Crippen LogP) is 1.25. The van der Waals surface area contributed by atoms with E-state index >= 15 is 0 Å². The first-order chi connectivity index (χ1) is 15.6. The predicted molar refractivity (Wildman–Crippen MR) is 131 cm³/mol. The Morgan fingerprint density at radius 1 is 1.15 bits per heavy atom. The van der Waals surface area contributed by atoms with Gasteiger partial charge in [0, 0.05) is 13.7 Å². The fourth-order valence-corrected chi connectivity index (χ4v) is 3.75. The van der Waals surface area contributed by atoms with Crippen LogP contribution in [0.2, 0.25) is 0 Å². The van der Waals surface area contributed by atoms with E-state index in [1.165, 1.54) is 19.3 Å². The lowest BCUT2D eigenvalue weighted by atomic mass is 9.80. The van der Waals surface area contributed by atoms with Gasteiger partial charge in [-0.05, 0) is 44.1 Å². The van der Waals surface area contributed by atoms with E-state index in [0.29, 0.717) is 18.4 Å². The van der Waals surface area contributed by atoms with Crippen LogP contribution in [0.5, 0.6) is 0 Å². The first-order valence-electron chi connectivity index (χ1n) is 12.0. The Morgan fingerprint density at radius 2 is 1.70 bits per heavy atom. The lowest BCUT2D eigenvalue weighted by Crippen LogP contribution is -2.43. The molecule has 0 radical (unpaired) electrons. The number of carbonyl (C=O) groups is 4. The topological polar surface area (TPSA) is 156 Å². The maximum atomic E-state index is 11.4. The molecule has 1 heterocycles. The quantitative estimate of drug-likeness (QED) is 0.291. The Balaban J connectivity index is 0. The number of aliphatic hydroxyl groups excluding tert-OH is 1. The molecule has 2 unspecified atom stereocenters. The van der Waals surface area contributed by atoms with Gasteiger partial charge in [0.25, 0.3) is 5.91 Å². The third-order valence-electron chi connectivity index (χ3n) is 5.58. The van der Waals surface area contributed by atoms with Gasteiger partial charge >= 0.3 is 0 Å². The van der Waals surface area contributed by atoms with E-state index in [-0.39, 0.29) is 24.5 Å². The molecule has 2 aliphatic rings. The Labute approximate surface area is 200 Å². The Kier molecular flexibility index (Phi) is 19.8. The molecular weight excluding hydrogens is 424 g/mol. The monoisotopic (exact) mass is 472 g/mol. The van der Waals surface area contributed by atoms with Crippen molar-refractivity contribution in [3.05, 3.63) is 0 Å². The summed E-state index contributed by atoms with van der Waals surface area (Å²) in [7, 11) is 2.68. The lowest BCUT2D eigenvalue weighted by Gasteiger charge is -2.28. The van der Waals surface area contributed by atoms with Crippen LogP contribution in [-0.2, 0) is 19.2 Å². The molecule has 1 aliphatic carbocycles. The fraction of sp³-hybridized carbons (Fsp3) is 0.833. The molecule has 0 aromatic rings. The van der Waals surface area contributed by atoms with E-state index in [1.807, 2.05) is 0 Å². The van der Waals surface area contributed by atoms with E-state index in [1.54, 1.807) is 11.9 Å². The minimum absolute atomic E-state index is 0.00316. The summed E-state index contributed by atoms with van der Waals surface area (Å²) < 4.78 is 0. The summed E-state index contributed by atoms with van der Waals surface area (Å²) in [4.78, 5) is 45.7. The number of ketones is 1. The number of aldehydes is 1. The molecule has 0 spiro atoms. The second-order valence-electron chi connectivity index (χ2n) is 9.09. The number of nitrogens with zero attached hydrogens (tertiary/aromatic N) is 1. The van der Waals surface area contributed by atoms with Gasteiger partial charge in [-0.2, -0.15) is 0 Å². The van der Waals surface area contributed by atoms with Crippen molar-refractivity contribution in [1.29, 1.82) is 0 Å². The average molecular weight is 473 g/mol. The van der Waals surface area contributed by atoms with Crippen LogP contribution in [0.25, 0.3) is 0 Å². The fourth-order valence-electron chi connectivity index (χ4n) is 3.75. The van der Waals surface area contributed by atoms with Crippen LogP contribution in [0.4, 0.5) is 0 Å². The van der Waals surface area contributed by atoms with E-state index in [0.717, 1.165) is 45.0 Å². The molecule has 0 aromatic carbocycles. The smallest absolute Gasteiger partial charge is 0.286 e. The Bertz CT molecular complexity index is 564. The number of hydrogen-bond donors (Lipinski definition) is 4. The van der Waals surface area contributed by atoms with Crippen LogP contribution < -0.4 is 16.8 Å². The van der Waals surface area contributed by atoms with Crippen LogP contribution in [-0.4, -0.2) is 73.2 Å². The molecule has 9 heteroatoms. The number of likely N-dealkylation sites (N-methyl/N-ethyl adjacent to an activating group) is 1. The van der Waals surface area contributed by atoms with Crippen LogP contribution in [0.15, 0.2) is 0 Å². The highest BCUT2D eigenvalue weighted by Crippen LogP contribution is 2.30. The Hall–Kier alpha value is -1.84. The van der Waals surface area contributed by atoms with Gasteiger partial charge < -0.3 is 31.6 Å². The number of rotatable bonds is 9. The second-order valence-corrected chi connectivity index (χ2v) is 9.09. The number of nitrogens with one attached hydrogen (secondary N) is 1. The van der Waals surface area contributed by atoms with Crippen LogP contribution >= 0.6 is 0 Å². The SMILES string of the molecule is CC(C)C.CCC[C@H]1CCN(C(=O)CN)C1C=O.CNC(CC1CCC1)C(=O)C(N)=O.CO. The second kappa shape index (κ2) is 19.6. The van der Waals surface area contributed by atoms with E-state index < -0.39 is 11.7 Å². The molecule has 2 rings (SSSR count). The largest absolute Gasteiger partial charge is 0.400 e. The zero-order valence-electron chi connectivity index (χ0n) is 21.5. The van der Waals surface area contributed by atoms with Gasteiger partial charge in [0.15, 0.2) is 0 Å².